The predicted octanol–water partition coefficient (Wildman–Crippen LogP) is 3.80. The second-order valence-corrected chi connectivity index (χ2v) is 7.04. The lowest BCUT2D eigenvalue weighted by Crippen LogP contribution is -2.20. The first-order valence-corrected chi connectivity index (χ1v) is 8.85. The van der Waals surface area contributed by atoms with Gasteiger partial charge in [-0.1, -0.05) is 23.7 Å². The molecule has 3 rings (SSSR count). The number of nitrogens with one attached hydrogen (secondary N) is 1. The van der Waals surface area contributed by atoms with Gasteiger partial charge in [0.1, 0.15) is 6.54 Å². The van der Waals surface area contributed by atoms with E-state index in [1.807, 2.05) is 49.0 Å². The monoisotopic (exact) mass is 421 g/mol. The molecule has 0 aliphatic rings. The molecule has 0 atom stereocenters. The van der Waals surface area contributed by atoms with Crippen molar-refractivity contribution in [3.63, 3.8) is 0 Å². The summed E-state index contributed by atoms with van der Waals surface area (Å²) in [5.74, 6) is -0.152. The molecule has 2 heterocycles. The van der Waals surface area contributed by atoms with E-state index >= 15 is 0 Å². The lowest BCUT2D eigenvalue weighted by atomic mass is 10.2. The van der Waals surface area contributed by atoms with Gasteiger partial charge in [0.2, 0.25) is 5.91 Å². The molecule has 0 saturated heterocycles. The highest BCUT2D eigenvalue weighted by Crippen LogP contribution is 2.19. The van der Waals surface area contributed by atoms with E-state index in [0.29, 0.717) is 11.6 Å². The van der Waals surface area contributed by atoms with Crippen LogP contribution in [0.1, 0.15) is 17.0 Å². The molecule has 2 aromatic heterocycles. The summed E-state index contributed by atoms with van der Waals surface area (Å²) in [6.45, 7) is 4.41. The highest BCUT2D eigenvalue weighted by Gasteiger charge is 2.12. The topological polar surface area (TPSA) is 64.7 Å². The minimum absolute atomic E-state index is 0.121. The minimum Gasteiger partial charge on any atom is -0.324 e. The zero-order valence-electron chi connectivity index (χ0n) is 13.8. The Balaban J connectivity index is 1.67. The maximum absolute atomic E-state index is 12.3. The van der Waals surface area contributed by atoms with Crippen LogP contribution in [-0.4, -0.2) is 25.5 Å². The van der Waals surface area contributed by atoms with Gasteiger partial charge in [-0.15, -0.1) is 0 Å². The molecule has 0 spiro atoms. The molecule has 1 amide bonds. The van der Waals surface area contributed by atoms with E-state index in [9.17, 15) is 4.79 Å². The number of rotatable bonds is 5. The third kappa shape index (κ3) is 4.29. The van der Waals surface area contributed by atoms with Crippen LogP contribution in [0, 0.1) is 13.8 Å². The number of aromatic nitrogens is 4. The van der Waals surface area contributed by atoms with E-state index < -0.39 is 0 Å². The lowest BCUT2D eigenvalue weighted by molar-refractivity contribution is -0.116. The first-order chi connectivity index (χ1) is 11.9. The van der Waals surface area contributed by atoms with Crippen molar-refractivity contribution in [3.8, 4) is 0 Å². The molecule has 0 radical (unpaired) electrons. The van der Waals surface area contributed by atoms with Crippen LogP contribution in [0.4, 0.5) is 5.69 Å². The average Bonchev–Trinajstić information content (AvgIpc) is 3.06. The number of carbonyl (C=O) groups excluding carboxylic acids is 1. The van der Waals surface area contributed by atoms with Crippen LogP contribution in [0.15, 0.2) is 41.1 Å². The Hall–Kier alpha value is -2.12. The number of nitrogens with zero attached hydrogens (tertiary/aromatic N) is 4. The predicted molar refractivity (Wildman–Crippen MR) is 101 cm³/mol. The van der Waals surface area contributed by atoms with Crippen molar-refractivity contribution >= 4 is 39.1 Å². The van der Waals surface area contributed by atoms with Crippen LogP contribution in [0.3, 0.4) is 0 Å². The van der Waals surface area contributed by atoms with Gasteiger partial charge in [0.15, 0.2) is 0 Å². The SMILES string of the molecule is Cc1nn(CC(=O)Nc2cccc(Cn3cc(Br)cn3)c2)c(C)c1Cl. The minimum atomic E-state index is -0.152. The third-order valence-corrected chi connectivity index (χ3v) is 4.70. The van der Waals surface area contributed by atoms with Crippen LogP contribution in [0.2, 0.25) is 5.02 Å². The Kier molecular flexibility index (Phi) is 5.24. The van der Waals surface area contributed by atoms with Gasteiger partial charge < -0.3 is 5.32 Å². The normalized spacial score (nSPS) is 10.9. The molecule has 0 unspecified atom stereocenters. The van der Waals surface area contributed by atoms with Crippen molar-refractivity contribution in [2.75, 3.05) is 5.32 Å². The Morgan fingerprint density at radius 2 is 2.16 bits per heavy atom. The summed E-state index contributed by atoms with van der Waals surface area (Å²) in [6.07, 6.45) is 3.64. The molecule has 0 aliphatic heterocycles. The summed E-state index contributed by atoms with van der Waals surface area (Å²) in [6, 6.07) is 7.69. The van der Waals surface area contributed by atoms with Gasteiger partial charge in [-0.2, -0.15) is 10.2 Å². The molecule has 0 saturated carbocycles. The Bertz CT molecular complexity index is 918. The maximum atomic E-state index is 12.3. The molecular weight excluding hydrogens is 406 g/mol. The van der Waals surface area contributed by atoms with E-state index in [-0.39, 0.29) is 12.5 Å². The molecule has 0 aliphatic carbocycles. The second-order valence-electron chi connectivity index (χ2n) is 5.75. The van der Waals surface area contributed by atoms with Crippen molar-refractivity contribution in [2.45, 2.75) is 26.9 Å². The molecule has 0 bridgehead atoms. The number of halogens is 2. The van der Waals surface area contributed by atoms with Gasteiger partial charge in [0.25, 0.3) is 0 Å². The van der Waals surface area contributed by atoms with Gasteiger partial charge >= 0.3 is 0 Å². The number of anilines is 1. The van der Waals surface area contributed by atoms with Crippen molar-refractivity contribution < 1.29 is 4.79 Å². The smallest absolute Gasteiger partial charge is 0.246 e. The standard InChI is InChI=1S/C17H17BrClN5O/c1-11-17(19)12(2)24(22-11)10-16(25)21-15-5-3-4-13(6-15)8-23-9-14(18)7-20-23/h3-7,9H,8,10H2,1-2H3,(H,21,25). The number of hydrogen-bond donors (Lipinski definition) is 1. The van der Waals surface area contributed by atoms with Gasteiger partial charge in [0.05, 0.1) is 33.6 Å². The first-order valence-electron chi connectivity index (χ1n) is 7.68. The van der Waals surface area contributed by atoms with E-state index in [4.69, 9.17) is 11.6 Å². The van der Waals surface area contributed by atoms with Crippen molar-refractivity contribution in [1.29, 1.82) is 0 Å². The molecule has 1 N–H and O–H groups in total. The summed E-state index contributed by atoms with van der Waals surface area (Å²) in [5.41, 5.74) is 3.29. The highest BCUT2D eigenvalue weighted by molar-refractivity contribution is 9.10. The molecule has 6 nitrogen and oxygen atoms in total. The molecule has 3 aromatic rings. The Labute approximate surface area is 158 Å². The van der Waals surface area contributed by atoms with Crippen LogP contribution in [-0.2, 0) is 17.9 Å². The van der Waals surface area contributed by atoms with E-state index in [1.165, 1.54) is 0 Å². The first kappa shape index (κ1) is 17.7. The lowest BCUT2D eigenvalue weighted by Gasteiger charge is -2.09. The van der Waals surface area contributed by atoms with Crippen LogP contribution in [0.5, 0.6) is 0 Å². The van der Waals surface area contributed by atoms with Crippen LogP contribution in [0.25, 0.3) is 0 Å². The van der Waals surface area contributed by atoms with Gasteiger partial charge in [-0.25, -0.2) is 0 Å². The maximum Gasteiger partial charge on any atom is 0.246 e. The number of amides is 1. The van der Waals surface area contributed by atoms with E-state index in [2.05, 4.69) is 31.4 Å². The molecule has 25 heavy (non-hydrogen) atoms. The summed E-state index contributed by atoms with van der Waals surface area (Å²) >= 11 is 9.49. The summed E-state index contributed by atoms with van der Waals surface area (Å²) in [4.78, 5) is 12.3. The Morgan fingerprint density at radius 3 is 2.80 bits per heavy atom. The zero-order chi connectivity index (χ0) is 18.0. The second kappa shape index (κ2) is 7.41. The van der Waals surface area contributed by atoms with Gasteiger partial charge in [-0.3, -0.25) is 14.2 Å². The van der Waals surface area contributed by atoms with Crippen molar-refractivity contribution in [2.24, 2.45) is 0 Å². The third-order valence-electron chi connectivity index (χ3n) is 3.74. The van der Waals surface area contributed by atoms with Crippen molar-refractivity contribution in [1.82, 2.24) is 19.6 Å². The average molecular weight is 423 g/mol. The van der Waals surface area contributed by atoms with Gasteiger partial charge in [0, 0.05) is 11.9 Å². The van der Waals surface area contributed by atoms with Crippen LogP contribution >= 0.6 is 27.5 Å². The summed E-state index contributed by atoms with van der Waals surface area (Å²) < 4.78 is 4.36. The largest absolute Gasteiger partial charge is 0.324 e. The molecule has 1 aromatic carbocycles. The molecule has 130 valence electrons. The molecule has 8 heteroatoms. The Morgan fingerprint density at radius 1 is 1.36 bits per heavy atom. The van der Waals surface area contributed by atoms with E-state index in [1.54, 1.807) is 10.9 Å². The number of carbonyl (C=O) groups is 1. The fourth-order valence-corrected chi connectivity index (χ4v) is 2.99. The fraction of sp³-hybridized carbons (Fsp3) is 0.235. The van der Waals surface area contributed by atoms with Crippen LogP contribution < -0.4 is 5.32 Å². The van der Waals surface area contributed by atoms with Crippen molar-refractivity contribution in [3.05, 3.63) is 63.1 Å². The molecular formula is C17H17BrClN5O. The number of hydrogen-bond acceptors (Lipinski definition) is 3. The molecule has 0 fully saturated rings. The quantitative estimate of drug-likeness (QED) is 0.680. The summed E-state index contributed by atoms with van der Waals surface area (Å²) in [5, 5.41) is 12.0. The zero-order valence-corrected chi connectivity index (χ0v) is 16.2. The summed E-state index contributed by atoms with van der Waals surface area (Å²) in [7, 11) is 0. The van der Waals surface area contributed by atoms with E-state index in [0.717, 1.165) is 27.1 Å². The number of benzene rings is 1. The number of aryl methyl sites for hydroxylation is 1. The highest BCUT2D eigenvalue weighted by atomic mass is 79.9. The van der Waals surface area contributed by atoms with Gasteiger partial charge in [-0.05, 0) is 47.5 Å². The fourth-order valence-electron chi connectivity index (χ4n) is 2.52.